The number of amides is 1. The van der Waals surface area contributed by atoms with Crippen LogP contribution < -0.4 is 4.90 Å². The molecule has 0 bridgehead atoms. The second kappa shape index (κ2) is 5.90. The molecule has 0 saturated heterocycles. The van der Waals surface area contributed by atoms with E-state index >= 15 is 0 Å². The third-order valence-electron chi connectivity index (χ3n) is 3.89. The van der Waals surface area contributed by atoms with Crippen LogP contribution in [0.5, 0.6) is 0 Å². The molecule has 8 nitrogen and oxygen atoms in total. The molecule has 0 aliphatic carbocycles. The monoisotopic (exact) mass is 357 g/mol. The van der Waals surface area contributed by atoms with Gasteiger partial charge in [-0.2, -0.15) is 23.4 Å². The highest BCUT2D eigenvalue weighted by molar-refractivity contribution is 5.93. The lowest BCUT2D eigenvalue weighted by Crippen LogP contribution is -2.44. The average molecular weight is 357 g/mol. The number of halogens is 3. The minimum atomic E-state index is -4.46. The highest BCUT2D eigenvalue weighted by Gasteiger charge is 2.46. The SMILES string of the molecule is Cc1cc2n(n1)C(C(F)(F)F)CCN2C(=O)Cn1cc(C(=O)O)cn1. The summed E-state index contributed by atoms with van der Waals surface area (Å²) in [4.78, 5) is 24.5. The fraction of sp³-hybridized carbons (Fsp3) is 0.429. The van der Waals surface area contributed by atoms with Gasteiger partial charge in [-0.05, 0) is 13.3 Å². The van der Waals surface area contributed by atoms with E-state index in [1.165, 1.54) is 17.2 Å². The summed E-state index contributed by atoms with van der Waals surface area (Å²) in [5.41, 5.74) is 0.292. The second-order valence-electron chi connectivity index (χ2n) is 5.71. The van der Waals surface area contributed by atoms with Gasteiger partial charge in [0.1, 0.15) is 12.4 Å². The summed E-state index contributed by atoms with van der Waals surface area (Å²) in [6.07, 6.45) is -2.48. The number of carboxylic acid groups (broad SMARTS) is 1. The van der Waals surface area contributed by atoms with Crippen LogP contribution in [-0.2, 0) is 11.3 Å². The number of aryl methyl sites for hydroxylation is 1. The van der Waals surface area contributed by atoms with Gasteiger partial charge in [-0.1, -0.05) is 0 Å². The highest BCUT2D eigenvalue weighted by Crippen LogP contribution is 2.39. The van der Waals surface area contributed by atoms with Crippen LogP contribution in [0.2, 0.25) is 0 Å². The molecule has 2 aromatic heterocycles. The molecular weight excluding hydrogens is 343 g/mol. The van der Waals surface area contributed by atoms with Gasteiger partial charge in [0.25, 0.3) is 0 Å². The standard InChI is InChI=1S/C14H14F3N5O3/c1-8-4-11-21(3-2-10(14(15,16)17)22(11)19-8)12(23)7-20-6-9(5-18-20)13(24)25/h4-6,10H,2-3,7H2,1H3,(H,24,25). The normalized spacial score (nSPS) is 17.4. The Morgan fingerprint density at radius 1 is 1.40 bits per heavy atom. The van der Waals surface area contributed by atoms with Crippen LogP contribution in [0.25, 0.3) is 0 Å². The molecule has 1 aliphatic heterocycles. The van der Waals surface area contributed by atoms with E-state index in [-0.39, 0.29) is 30.9 Å². The van der Waals surface area contributed by atoms with Crippen molar-refractivity contribution in [2.45, 2.75) is 32.1 Å². The number of hydrogen-bond donors (Lipinski definition) is 1. The maximum absolute atomic E-state index is 13.1. The highest BCUT2D eigenvalue weighted by atomic mass is 19.4. The van der Waals surface area contributed by atoms with Crippen LogP contribution in [0.4, 0.5) is 19.0 Å². The number of aromatic nitrogens is 4. The van der Waals surface area contributed by atoms with Crippen LogP contribution in [-0.4, -0.2) is 49.3 Å². The van der Waals surface area contributed by atoms with E-state index < -0.39 is 24.1 Å². The summed E-state index contributed by atoms with van der Waals surface area (Å²) in [5, 5.41) is 16.5. The van der Waals surface area contributed by atoms with Crippen molar-refractivity contribution in [3.05, 3.63) is 29.7 Å². The maximum atomic E-state index is 13.1. The number of nitrogens with zero attached hydrogens (tertiary/aromatic N) is 5. The molecule has 11 heteroatoms. The van der Waals surface area contributed by atoms with Crippen LogP contribution in [0.1, 0.15) is 28.5 Å². The van der Waals surface area contributed by atoms with Gasteiger partial charge < -0.3 is 5.11 Å². The zero-order valence-corrected chi connectivity index (χ0v) is 13.1. The van der Waals surface area contributed by atoms with Gasteiger partial charge in [0.2, 0.25) is 5.91 Å². The Morgan fingerprint density at radius 2 is 2.12 bits per heavy atom. The summed E-state index contributed by atoms with van der Waals surface area (Å²) in [6.45, 7) is 1.16. The minimum absolute atomic E-state index is 0.0710. The number of anilines is 1. The van der Waals surface area contributed by atoms with Gasteiger partial charge in [-0.25, -0.2) is 9.48 Å². The Hall–Kier alpha value is -2.85. The second-order valence-corrected chi connectivity index (χ2v) is 5.71. The van der Waals surface area contributed by atoms with Gasteiger partial charge in [0, 0.05) is 18.8 Å². The Bertz CT molecular complexity index is 826. The molecule has 134 valence electrons. The van der Waals surface area contributed by atoms with E-state index in [2.05, 4.69) is 10.2 Å². The van der Waals surface area contributed by atoms with Gasteiger partial charge in [0.15, 0.2) is 6.04 Å². The predicted octanol–water partition coefficient (Wildman–Crippen LogP) is 1.63. The lowest BCUT2D eigenvalue weighted by atomic mass is 10.1. The number of rotatable bonds is 3. The summed E-state index contributed by atoms with van der Waals surface area (Å²) in [5.74, 6) is -1.61. The number of fused-ring (bicyclic) bond motifs is 1. The first kappa shape index (κ1) is 17.0. The van der Waals surface area contributed by atoms with Gasteiger partial charge in [0.05, 0.1) is 17.5 Å². The first-order valence-electron chi connectivity index (χ1n) is 7.36. The Labute approximate surface area is 139 Å². The zero-order valence-electron chi connectivity index (χ0n) is 13.1. The summed E-state index contributed by atoms with van der Waals surface area (Å²) in [7, 11) is 0. The molecule has 2 aromatic rings. The van der Waals surface area contributed by atoms with Crippen molar-refractivity contribution in [2.24, 2.45) is 0 Å². The number of alkyl halides is 3. The molecule has 0 spiro atoms. The Morgan fingerprint density at radius 3 is 2.72 bits per heavy atom. The quantitative estimate of drug-likeness (QED) is 0.901. The molecule has 3 rings (SSSR count). The van der Waals surface area contributed by atoms with E-state index in [1.54, 1.807) is 6.92 Å². The zero-order chi connectivity index (χ0) is 18.4. The third-order valence-corrected chi connectivity index (χ3v) is 3.89. The molecule has 25 heavy (non-hydrogen) atoms. The van der Waals surface area contributed by atoms with Crippen molar-refractivity contribution in [1.82, 2.24) is 19.6 Å². The number of carbonyl (C=O) groups is 2. The molecule has 1 N–H and O–H groups in total. The van der Waals surface area contributed by atoms with Gasteiger partial charge >= 0.3 is 12.1 Å². The van der Waals surface area contributed by atoms with E-state index in [1.807, 2.05) is 0 Å². The minimum Gasteiger partial charge on any atom is -0.478 e. The fourth-order valence-electron chi connectivity index (χ4n) is 2.76. The molecule has 0 aromatic carbocycles. The van der Waals surface area contributed by atoms with Crippen molar-refractivity contribution in [2.75, 3.05) is 11.4 Å². The van der Waals surface area contributed by atoms with Crippen LogP contribution in [0.15, 0.2) is 18.5 Å². The van der Waals surface area contributed by atoms with Crippen molar-refractivity contribution >= 4 is 17.7 Å². The number of carbonyl (C=O) groups excluding carboxylic acids is 1. The molecule has 1 aliphatic rings. The molecule has 1 amide bonds. The average Bonchev–Trinajstić information content (AvgIpc) is 3.10. The molecular formula is C14H14F3N5O3. The Kier molecular flexibility index (Phi) is 4.01. The molecule has 0 saturated carbocycles. The predicted molar refractivity (Wildman–Crippen MR) is 78.2 cm³/mol. The summed E-state index contributed by atoms with van der Waals surface area (Å²) < 4.78 is 41.4. The van der Waals surface area contributed by atoms with Crippen molar-refractivity contribution in [1.29, 1.82) is 0 Å². The maximum Gasteiger partial charge on any atom is 0.410 e. The molecule has 0 fully saturated rings. The van der Waals surface area contributed by atoms with Gasteiger partial charge in [-0.15, -0.1) is 0 Å². The van der Waals surface area contributed by atoms with E-state index in [9.17, 15) is 22.8 Å². The van der Waals surface area contributed by atoms with E-state index in [0.717, 1.165) is 15.6 Å². The van der Waals surface area contributed by atoms with Crippen molar-refractivity contribution < 1.29 is 27.9 Å². The topological polar surface area (TPSA) is 93.2 Å². The first-order valence-corrected chi connectivity index (χ1v) is 7.36. The van der Waals surface area contributed by atoms with Crippen LogP contribution in [0.3, 0.4) is 0 Å². The van der Waals surface area contributed by atoms with E-state index in [0.29, 0.717) is 5.69 Å². The molecule has 1 unspecified atom stereocenters. The summed E-state index contributed by atoms with van der Waals surface area (Å²) in [6, 6.07) is -0.356. The number of carboxylic acids is 1. The smallest absolute Gasteiger partial charge is 0.410 e. The Balaban J connectivity index is 1.84. The number of hydrogen-bond acceptors (Lipinski definition) is 4. The number of aromatic carboxylic acids is 1. The third kappa shape index (κ3) is 3.21. The first-order chi connectivity index (χ1) is 11.7. The molecule has 1 atom stereocenters. The fourth-order valence-corrected chi connectivity index (χ4v) is 2.76. The lowest BCUT2D eigenvalue weighted by molar-refractivity contribution is -0.173. The lowest BCUT2D eigenvalue weighted by Gasteiger charge is -2.33. The van der Waals surface area contributed by atoms with Crippen molar-refractivity contribution in [3.63, 3.8) is 0 Å². The van der Waals surface area contributed by atoms with Gasteiger partial charge in [-0.3, -0.25) is 14.4 Å². The van der Waals surface area contributed by atoms with Crippen LogP contribution >= 0.6 is 0 Å². The van der Waals surface area contributed by atoms with Crippen molar-refractivity contribution in [3.8, 4) is 0 Å². The molecule has 3 heterocycles. The van der Waals surface area contributed by atoms with Crippen LogP contribution in [0, 0.1) is 6.92 Å². The molecule has 0 radical (unpaired) electrons. The van der Waals surface area contributed by atoms with E-state index in [4.69, 9.17) is 5.11 Å². The largest absolute Gasteiger partial charge is 0.478 e. The summed E-state index contributed by atoms with van der Waals surface area (Å²) >= 11 is 0.